The van der Waals surface area contributed by atoms with Crippen molar-refractivity contribution in [3.63, 3.8) is 0 Å². The lowest BCUT2D eigenvalue weighted by molar-refractivity contribution is 0.0185. The van der Waals surface area contributed by atoms with Gasteiger partial charge in [0.2, 0.25) is 0 Å². The number of nitrogens with zero attached hydrogens (tertiary/aromatic N) is 1. The van der Waals surface area contributed by atoms with Crippen LogP contribution < -0.4 is 5.32 Å². The molecular weight excluding hydrogens is 276 g/mol. The van der Waals surface area contributed by atoms with Gasteiger partial charge in [0, 0.05) is 31.6 Å². The maximum absolute atomic E-state index is 12.0. The summed E-state index contributed by atoms with van der Waals surface area (Å²) in [7, 11) is 0. The second kappa shape index (κ2) is 7.63. The van der Waals surface area contributed by atoms with Crippen LogP contribution in [0.2, 0.25) is 0 Å². The molecule has 0 bridgehead atoms. The molecule has 2 aliphatic rings. The summed E-state index contributed by atoms with van der Waals surface area (Å²) in [6, 6.07) is 12.4. The third kappa shape index (κ3) is 6.06. The van der Waals surface area contributed by atoms with Crippen molar-refractivity contribution in [1.82, 2.24) is 10.2 Å². The number of ether oxygens (including phenoxy) is 1. The predicted molar refractivity (Wildman–Crippen MR) is 88.8 cm³/mol. The molecule has 1 saturated heterocycles. The lowest BCUT2D eigenvalue weighted by atomic mass is 10.0. The summed E-state index contributed by atoms with van der Waals surface area (Å²) in [6.07, 6.45) is 2.14. The van der Waals surface area contributed by atoms with E-state index in [9.17, 15) is 4.79 Å². The van der Waals surface area contributed by atoms with E-state index >= 15 is 0 Å². The van der Waals surface area contributed by atoms with E-state index in [-0.39, 0.29) is 11.7 Å². The van der Waals surface area contributed by atoms with Gasteiger partial charge in [0.1, 0.15) is 5.60 Å². The molecule has 4 nitrogen and oxygen atoms in total. The number of hydrogen-bond donors (Lipinski definition) is 1. The molecule has 1 aliphatic carbocycles. The quantitative estimate of drug-likeness (QED) is 0.931. The average molecular weight is 304 g/mol. The zero-order chi connectivity index (χ0) is 16.0. The topological polar surface area (TPSA) is 41.6 Å². The molecule has 4 heteroatoms. The van der Waals surface area contributed by atoms with Crippen molar-refractivity contribution in [2.45, 2.75) is 45.3 Å². The van der Waals surface area contributed by atoms with Crippen LogP contribution in [0.15, 0.2) is 36.4 Å². The highest BCUT2D eigenvalue weighted by atomic mass is 16.6. The zero-order valence-corrected chi connectivity index (χ0v) is 13.9. The summed E-state index contributed by atoms with van der Waals surface area (Å²) in [6.45, 7) is 8.67. The number of rotatable bonds is 3. The Hall–Kier alpha value is -1.55. The first kappa shape index (κ1) is 16.8. The summed E-state index contributed by atoms with van der Waals surface area (Å²) in [5.74, 6) is 0.619. The second-order valence-corrected chi connectivity index (χ2v) is 7.04. The maximum atomic E-state index is 12.0. The number of benzene rings is 1. The van der Waals surface area contributed by atoms with Gasteiger partial charge in [-0.25, -0.2) is 4.79 Å². The number of carbonyl (C=O) groups excluding carboxylic acids is 1. The fraction of sp³-hybridized carbons (Fsp3) is 0.611. The van der Waals surface area contributed by atoms with E-state index in [4.69, 9.17) is 4.74 Å². The zero-order valence-electron chi connectivity index (χ0n) is 13.9. The number of carbonyl (C=O) groups is 1. The van der Waals surface area contributed by atoms with Crippen LogP contribution in [0.25, 0.3) is 0 Å². The molecule has 0 radical (unpaired) electrons. The summed E-state index contributed by atoms with van der Waals surface area (Å²) in [5.41, 5.74) is -0.387. The molecular formula is C18H28N2O2. The van der Waals surface area contributed by atoms with E-state index in [0.29, 0.717) is 12.0 Å². The minimum absolute atomic E-state index is 0.137. The standard InChI is InChI=1S/C12H22N2O2.C6H6/c1-12(2,3)16-11(15)14(10-4-5-10)8-9-6-13-7-9;1-2-4-6-5-3-1/h9-10,13H,4-8H2,1-3H3;1-6H. The van der Waals surface area contributed by atoms with Crippen LogP contribution in [0, 0.1) is 5.92 Å². The average Bonchev–Trinajstić information content (AvgIpc) is 3.22. The molecule has 0 unspecified atom stereocenters. The van der Waals surface area contributed by atoms with Gasteiger partial charge in [0.15, 0.2) is 0 Å². The van der Waals surface area contributed by atoms with Gasteiger partial charge in [-0.1, -0.05) is 36.4 Å². The smallest absolute Gasteiger partial charge is 0.410 e. The molecule has 0 spiro atoms. The van der Waals surface area contributed by atoms with Crippen LogP contribution >= 0.6 is 0 Å². The van der Waals surface area contributed by atoms with Crippen LogP contribution in [0.4, 0.5) is 4.79 Å². The van der Waals surface area contributed by atoms with Crippen LogP contribution in [-0.4, -0.2) is 42.3 Å². The van der Waals surface area contributed by atoms with Crippen molar-refractivity contribution in [3.8, 4) is 0 Å². The predicted octanol–water partition coefficient (Wildman–Crippen LogP) is 3.29. The van der Waals surface area contributed by atoms with Crippen molar-refractivity contribution in [2.75, 3.05) is 19.6 Å². The van der Waals surface area contributed by atoms with E-state index < -0.39 is 0 Å². The molecule has 1 aromatic carbocycles. The Morgan fingerprint density at radius 3 is 1.91 bits per heavy atom. The molecule has 1 N–H and O–H groups in total. The van der Waals surface area contributed by atoms with Crippen LogP contribution in [0.1, 0.15) is 33.6 Å². The van der Waals surface area contributed by atoms with Gasteiger partial charge < -0.3 is 15.0 Å². The first-order valence-electron chi connectivity index (χ1n) is 8.16. The Bertz CT molecular complexity index is 421. The number of amides is 1. The lowest BCUT2D eigenvalue weighted by Gasteiger charge is -2.34. The second-order valence-electron chi connectivity index (χ2n) is 7.04. The fourth-order valence-electron chi connectivity index (χ4n) is 2.22. The van der Waals surface area contributed by atoms with Gasteiger partial charge >= 0.3 is 6.09 Å². The third-order valence-electron chi connectivity index (χ3n) is 3.60. The Kier molecular flexibility index (Phi) is 5.83. The van der Waals surface area contributed by atoms with Gasteiger partial charge in [-0.2, -0.15) is 0 Å². The van der Waals surface area contributed by atoms with Gasteiger partial charge in [-0.15, -0.1) is 0 Å². The Morgan fingerprint density at radius 2 is 1.59 bits per heavy atom. The van der Waals surface area contributed by atoms with E-state index in [2.05, 4.69) is 5.32 Å². The molecule has 122 valence electrons. The monoisotopic (exact) mass is 304 g/mol. The lowest BCUT2D eigenvalue weighted by Crippen LogP contribution is -2.50. The molecule has 1 aliphatic heterocycles. The Morgan fingerprint density at radius 1 is 1.09 bits per heavy atom. The first-order valence-corrected chi connectivity index (χ1v) is 8.16. The van der Waals surface area contributed by atoms with Crippen molar-refractivity contribution in [3.05, 3.63) is 36.4 Å². The van der Waals surface area contributed by atoms with E-state index in [0.717, 1.165) is 32.5 Å². The first-order chi connectivity index (χ1) is 10.5. The summed E-state index contributed by atoms with van der Waals surface area (Å²) < 4.78 is 5.44. The van der Waals surface area contributed by atoms with Gasteiger partial charge in [0.25, 0.3) is 0 Å². The van der Waals surface area contributed by atoms with Gasteiger partial charge in [-0.3, -0.25) is 0 Å². The summed E-state index contributed by atoms with van der Waals surface area (Å²) in [4.78, 5) is 13.9. The third-order valence-corrected chi connectivity index (χ3v) is 3.60. The summed E-state index contributed by atoms with van der Waals surface area (Å²) in [5, 5.41) is 3.23. The SMILES string of the molecule is CC(C)(C)OC(=O)N(CC1CNC1)C1CC1.c1ccccc1. The molecule has 1 aromatic rings. The van der Waals surface area contributed by atoms with Crippen molar-refractivity contribution in [1.29, 1.82) is 0 Å². The Balaban J connectivity index is 0.000000246. The normalized spacial score (nSPS) is 17.8. The Labute approximate surface area is 133 Å². The van der Waals surface area contributed by atoms with Crippen molar-refractivity contribution >= 4 is 6.09 Å². The van der Waals surface area contributed by atoms with Gasteiger partial charge in [0.05, 0.1) is 0 Å². The number of hydrogen-bond acceptors (Lipinski definition) is 3. The van der Waals surface area contributed by atoms with E-state index in [1.807, 2.05) is 62.1 Å². The molecule has 1 amide bonds. The minimum atomic E-state index is -0.387. The van der Waals surface area contributed by atoms with Crippen LogP contribution in [0.3, 0.4) is 0 Å². The molecule has 22 heavy (non-hydrogen) atoms. The molecule has 3 rings (SSSR count). The van der Waals surface area contributed by atoms with Crippen LogP contribution in [-0.2, 0) is 4.74 Å². The highest BCUT2D eigenvalue weighted by Gasteiger charge is 2.37. The van der Waals surface area contributed by atoms with Crippen molar-refractivity contribution in [2.24, 2.45) is 5.92 Å². The van der Waals surface area contributed by atoms with Gasteiger partial charge in [-0.05, 0) is 33.6 Å². The minimum Gasteiger partial charge on any atom is -0.444 e. The largest absolute Gasteiger partial charge is 0.444 e. The summed E-state index contributed by atoms with van der Waals surface area (Å²) >= 11 is 0. The van der Waals surface area contributed by atoms with Crippen molar-refractivity contribution < 1.29 is 9.53 Å². The molecule has 0 atom stereocenters. The van der Waals surface area contributed by atoms with Crippen LogP contribution in [0.5, 0.6) is 0 Å². The van der Waals surface area contributed by atoms with E-state index in [1.165, 1.54) is 0 Å². The molecule has 1 saturated carbocycles. The number of nitrogens with one attached hydrogen (secondary N) is 1. The highest BCUT2D eigenvalue weighted by molar-refractivity contribution is 5.69. The highest BCUT2D eigenvalue weighted by Crippen LogP contribution is 2.29. The molecule has 1 heterocycles. The molecule has 2 fully saturated rings. The fourth-order valence-corrected chi connectivity index (χ4v) is 2.22. The van der Waals surface area contributed by atoms with E-state index in [1.54, 1.807) is 0 Å². The maximum Gasteiger partial charge on any atom is 0.410 e. The molecule has 0 aromatic heterocycles.